The molecule has 0 bridgehead atoms. The Hall–Kier alpha value is -1.41. The molecular formula is C17H24FN. The third-order valence-electron chi connectivity index (χ3n) is 3.56. The molecule has 0 saturated heterocycles. The molecule has 0 N–H and O–H groups in total. The number of hydrogen-bond acceptors (Lipinski definition) is 1. The summed E-state index contributed by atoms with van der Waals surface area (Å²) in [6.45, 7) is 8.41. The van der Waals surface area contributed by atoms with Crippen LogP contribution < -0.4 is 0 Å². The van der Waals surface area contributed by atoms with Crippen LogP contribution in [0.4, 0.5) is 4.39 Å². The van der Waals surface area contributed by atoms with Crippen molar-refractivity contribution in [3.8, 4) is 0 Å². The lowest BCUT2D eigenvalue weighted by Gasteiger charge is -2.30. The van der Waals surface area contributed by atoms with Gasteiger partial charge >= 0.3 is 0 Å². The molecule has 2 atom stereocenters. The SMILES string of the molecule is C=CC(C/C=C(\C)F)[C@@H](C)N(C)Cc1ccccc1. The third kappa shape index (κ3) is 5.39. The van der Waals surface area contributed by atoms with Crippen LogP contribution >= 0.6 is 0 Å². The largest absolute Gasteiger partial charge is 0.299 e. The summed E-state index contributed by atoms with van der Waals surface area (Å²) in [6, 6.07) is 10.7. The molecule has 104 valence electrons. The Kier molecular flexibility index (Phi) is 6.51. The van der Waals surface area contributed by atoms with Crippen LogP contribution in [-0.4, -0.2) is 18.0 Å². The van der Waals surface area contributed by atoms with E-state index in [0.29, 0.717) is 12.5 Å². The maximum atomic E-state index is 12.8. The number of benzene rings is 1. The third-order valence-corrected chi connectivity index (χ3v) is 3.56. The maximum Gasteiger partial charge on any atom is 0.0929 e. The van der Waals surface area contributed by atoms with E-state index in [9.17, 15) is 4.39 Å². The first-order valence-corrected chi connectivity index (χ1v) is 6.73. The Morgan fingerprint density at radius 3 is 2.53 bits per heavy atom. The predicted octanol–water partition coefficient (Wildman–Crippen LogP) is 4.57. The van der Waals surface area contributed by atoms with Gasteiger partial charge in [0.25, 0.3) is 0 Å². The van der Waals surface area contributed by atoms with Gasteiger partial charge in [0, 0.05) is 12.6 Å². The highest BCUT2D eigenvalue weighted by atomic mass is 19.1. The van der Waals surface area contributed by atoms with E-state index in [4.69, 9.17) is 0 Å². The van der Waals surface area contributed by atoms with Gasteiger partial charge in [0.15, 0.2) is 0 Å². The van der Waals surface area contributed by atoms with Crippen LogP contribution in [0, 0.1) is 5.92 Å². The van der Waals surface area contributed by atoms with Gasteiger partial charge in [-0.1, -0.05) is 42.5 Å². The number of hydrogen-bond donors (Lipinski definition) is 0. The summed E-state index contributed by atoms with van der Waals surface area (Å²) >= 11 is 0. The Balaban J connectivity index is 2.61. The van der Waals surface area contributed by atoms with Crippen molar-refractivity contribution in [3.05, 3.63) is 60.5 Å². The molecule has 0 aromatic heterocycles. The van der Waals surface area contributed by atoms with Crippen LogP contribution in [0.2, 0.25) is 0 Å². The van der Waals surface area contributed by atoms with Crippen LogP contribution in [0.15, 0.2) is 54.9 Å². The highest BCUT2D eigenvalue weighted by Gasteiger charge is 2.17. The van der Waals surface area contributed by atoms with Crippen LogP contribution in [0.3, 0.4) is 0 Å². The van der Waals surface area contributed by atoms with Gasteiger partial charge in [0.1, 0.15) is 0 Å². The summed E-state index contributed by atoms with van der Waals surface area (Å²) in [5.74, 6) is 0.143. The van der Waals surface area contributed by atoms with Gasteiger partial charge in [-0.05, 0) is 38.8 Å². The van der Waals surface area contributed by atoms with Gasteiger partial charge in [-0.3, -0.25) is 4.90 Å². The zero-order chi connectivity index (χ0) is 14.3. The van der Waals surface area contributed by atoms with Crippen LogP contribution in [0.5, 0.6) is 0 Å². The van der Waals surface area contributed by atoms with Gasteiger partial charge in [-0.2, -0.15) is 0 Å². The predicted molar refractivity (Wildman–Crippen MR) is 80.5 cm³/mol. The van der Waals surface area contributed by atoms with Crippen molar-refractivity contribution in [3.63, 3.8) is 0 Å². The van der Waals surface area contributed by atoms with E-state index in [1.165, 1.54) is 12.5 Å². The van der Waals surface area contributed by atoms with Gasteiger partial charge in [0.2, 0.25) is 0 Å². The van der Waals surface area contributed by atoms with Crippen molar-refractivity contribution in [1.29, 1.82) is 0 Å². The molecule has 0 spiro atoms. The molecular weight excluding hydrogens is 237 g/mol. The number of rotatable bonds is 7. The maximum absolute atomic E-state index is 12.8. The summed E-state index contributed by atoms with van der Waals surface area (Å²) < 4.78 is 12.8. The Morgan fingerprint density at radius 2 is 2.00 bits per heavy atom. The zero-order valence-electron chi connectivity index (χ0n) is 12.1. The molecule has 1 aromatic carbocycles. The average Bonchev–Trinajstić information content (AvgIpc) is 2.40. The molecule has 0 amide bonds. The molecule has 0 aliphatic rings. The van der Waals surface area contributed by atoms with E-state index < -0.39 is 0 Å². The standard InChI is InChI=1S/C17H24FN/c1-5-17(12-11-14(2)18)15(3)19(4)13-16-9-7-6-8-10-16/h5-11,15,17H,1,12-13H2,2-4H3/b14-11+/t15-,17?/m1/s1. The van der Waals surface area contributed by atoms with Gasteiger partial charge in [0.05, 0.1) is 5.83 Å². The van der Waals surface area contributed by atoms with Crippen molar-refractivity contribution in [1.82, 2.24) is 4.90 Å². The monoisotopic (exact) mass is 261 g/mol. The van der Waals surface area contributed by atoms with Crippen molar-refractivity contribution in [2.45, 2.75) is 32.9 Å². The quantitative estimate of drug-likeness (QED) is 0.650. The Labute approximate surface area is 116 Å². The first-order valence-electron chi connectivity index (χ1n) is 6.73. The minimum absolute atomic E-state index is 0.121. The molecule has 0 fully saturated rings. The normalized spacial score (nSPS) is 15.3. The minimum Gasteiger partial charge on any atom is -0.299 e. The van der Waals surface area contributed by atoms with E-state index in [1.807, 2.05) is 24.3 Å². The summed E-state index contributed by atoms with van der Waals surface area (Å²) in [5.41, 5.74) is 1.29. The summed E-state index contributed by atoms with van der Waals surface area (Å²) in [4.78, 5) is 2.28. The van der Waals surface area contributed by atoms with E-state index >= 15 is 0 Å². The molecule has 0 radical (unpaired) electrons. The van der Waals surface area contributed by atoms with Crippen LogP contribution in [0.1, 0.15) is 25.8 Å². The van der Waals surface area contributed by atoms with Crippen LogP contribution in [-0.2, 0) is 6.54 Å². The van der Waals surface area contributed by atoms with Gasteiger partial charge in [-0.15, -0.1) is 6.58 Å². The topological polar surface area (TPSA) is 3.24 Å². The van der Waals surface area contributed by atoms with E-state index in [-0.39, 0.29) is 11.7 Å². The Bertz CT molecular complexity index is 407. The summed E-state index contributed by atoms with van der Waals surface area (Å²) in [7, 11) is 2.10. The fourth-order valence-corrected chi connectivity index (χ4v) is 2.13. The average molecular weight is 261 g/mol. The first kappa shape index (κ1) is 15.6. The van der Waals surface area contributed by atoms with Crippen molar-refractivity contribution < 1.29 is 4.39 Å². The number of nitrogens with zero attached hydrogens (tertiary/aromatic N) is 1. The fourth-order valence-electron chi connectivity index (χ4n) is 2.13. The molecule has 1 aromatic rings. The lowest BCUT2D eigenvalue weighted by molar-refractivity contribution is 0.205. The molecule has 0 heterocycles. The highest BCUT2D eigenvalue weighted by molar-refractivity contribution is 5.14. The molecule has 1 nitrogen and oxygen atoms in total. The second-order valence-corrected chi connectivity index (χ2v) is 5.07. The molecule has 19 heavy (non-hydrogen) atoms. The molecule has 1 unspecified atom stereocenters. The van der Waals surface area contributed by atoms with Crippen molar-refractivity contribution in [2.75, 3.05) is 7.05 Å². The molecule has 1 rings (SSSR count). The zero-order valence-corrected chi connectivity index (χ0v) is 12.1. The van der Waals surface area contributed by atoms with E-state index in [1.54, 1.807) is 6.08 Å². The lowest BCUT2D eigenvalue weighted by Crippen LogP contribution is -2.34. The lowest BCUT2D eigenvalue weighted by atomic mass is 9.95. The smallest absolute Gasteiger partial charge is 0.0929 e. The van der Waals surface area contributed by atoms with Crippen LogP contribution in [0.25, 0.3) is 0 Å². The fraction of sp³-hybridized carbons (Fsp3) is 0.412. The van der Waals surface area contributed by atoms with E-state index in [0.717, 1.165) is 6.54 Å². The van der Waals surface area contributed by atoms with Gasteiger partial charge < -0.3 is 0 Å². The van der Waals surface area contributed by atoms with Crippen molar-refractivity contribution >= 4 is 0 Å². The number of allylic oxidation sites excluding steroid dienone is 2. The molecule has 2 heteroatoms. The molecule has 0 saturated carbocycles. The summed E-state index contributed by atoms with van der Waals surface area (Å²) in [6.07, 6.45) is 4.26. The highest BCUT2D eigenvalue weighted by Crippen LogP contribution is 2.18. The Morgan fingerprint density at radius 1 is 1.37 bits per heavy atom. The van der Waals surface area contributed by atoms with E-state index in [2.05, 4.69) is 37.6 Å². The molecule has 0 aliphatic heterocycles. The van der Waals surface area contributed by atoms with Gasteiger partial charge in [-0.25, -0.2) is 4.39 Å². The number of halogens is 1. The summed E-state index contributed by atoms with van der Waals surface area (Å²) in [5, 5.41) is 0. The molecule has 0 aliphatic carbocycles. The first-order chi connectivity index (χ1) is 9.04. The second-order valence-electron chi connectivity index (χ2n) is 5.07. The van der Waals surface area contributed by atoms with Crippen molar-refractivity contribution in [2.24, 2.45) is 5.92 Å². The minimum atomic E-state index is -0.121. The second kappa shape index (κ2) is 7.90.